The Balaban J connectivity index is 0.00000342. The molecule has 0 spiro atoms. The first kappa shape index (κ1) is 27.7. The zero-order chi connectivity index (χ0) is 24.4. The average molecular weight is 561 g/mol. The van der Waals surface area contributed by atoms with Gasteiger partial charge < -0.3 is 25.8 Å². The molecule has 2 aromatic rings. The summed E-state index contributed by atoms with van der Waals surface area (Å²) in [5, 5.41) is 22.1. The van der Waals surface area contributed by atoms with Crippen molar-refractivity contribution >= 4 is 80.9 Å². The number of fused-ring (bicyclic) bond motifs is 1. The van der Waals surface area contributed by atoms with Crippen LogP contribution >= 0.6 is 46.2 Å². The van der Waals surface area contributed by atoms with E-state index in [4.69, 9.17) is 10.6 Å². The summed E-state index contributed by atoms with van der Waals surface area (Å²) in [4.78, 5) is 53.0. The Bertz CT molecular complexity index is 1240. The van der Waals surface area contributed by atoms with E-state index in [9.17, 15) is 19.5 Å². The second kappa shape index (κ2) is 11.9. The van der Waals surface area contributed by atoms with Crippen LogP contribution in [-0.4, -0.2) is 62.6 Å². The summed E-state index contributed by atoms with van der Waals surface area (Å²) in [5.74, 6) is -2.36. The Morgan fingerprint density at radius 2 is 2.23 bits per heavy atom. The first-order valence-electron chi connectivity index (χ1n) is 9.58. The minimum absolute atomic E-state index is 0. The first-order chi connectivity index (χ1) is 16.3. The van der Waals surface area contributed by atoms with Gasteiger partial charge in [0.25, 0.3) is 11.8 Å². The van der Waals surface area contributed by atoms with E-state index in [1.54, 1.807) is 17.0 Å². The molecule has 3 N–H and O–H groups in total. The second-order valence-corrected chi connectivity index (χ2v) is 11.1. The minimum Gasteiger partial charge on any atom is -0.543 e. The van der Waals surface area contributed by atoms with Gasteiger partial charge in [-0.2, -0.15) is 0 Å². The molecule has 2 aliphatic heterocycles. The number of nitrogens with one attached hydrogen (secondary N) is 1. The van der Waals surface area contributed by atoms with Gasteiger partial charge in [-0.3, -0.25) is 14.5 Å². The van der Waals surface area contributed by atoms with E-state index in [1.807, 2.05) is 13.0 Å². The molecule has 0 bridgehead atoms. The maximum atomic E-state index is 12.8. The van der Waals surface area contributed by atoms with Crippen LogP contribution in [-0.2, 0) is 19.2 Å². The number of carbonyl (C=O) groups is 3. The van der Waals surface area contributed by atoms with E-state index >= 15 is 0 Å². The van der Waals surface area contributed by atoms with E-state index in [0.717, 1.165) is 26.1 Å². The van der Waals surface area contributed by atoms with Gasteiger partial charge in [-0.15, -0.1) is 34.4 Å². The Labute approximate surface area is 238 Å². The number of amides is 2. The molecule has 0 saturated carbocycles. The van der Waals surface area contributed by atoms with Gasteiger partial charge in [-0.05, 0) is 18.4 Å². The maximum Gasteiger partial charge on any atom is 1.00 e. The molecule has 0 aliphatic carbocycles. The molecule has 2 aliphatic rings. The summed E-state index contributed by atoms with van der Waals surface area (Å²) >= 11 is 5.19. The summed E-state index contributed by atoms with van der Waals surface area (Å²) < 4.78 is 0. The number of carboxylic acids is 1. The predicted molar refractivity (Wildman–Crippen MR) is 131 cm³/mol. The van der Waals surface area contributed by atoms with Gasteiger partial charge in [-0.1, -0.05) is 16.9 Å². The van der Waals surface area contributed by atoms with E-state index in [1.165, 1.54) is 42.0 Å². The van der Waals surface area contributed by atoms with Crippen molar-refractivity contribution in [3.05, 3.63) is 43.2 Å². The van der Waals surface area contributed by atoms with Crippen LogP contribution in [0.2, 0.25) is 0 Å². The molecule has 0 unspecified atom stereocenters. The summed E-state index contributed by atoms with van der Waals surface area (Å²) in [6.07, 6.45) is 3.55. The molecule has 0 aromatic carbocycles. The minimum atomic E-state index is -1.45. The number of hydrogen-bond acceptors (Lipinski definition) is 13. The molecule has 2 aromatic heterocycles. The maximum absolute atomic E-state index is 12.8. The molecule has 35 heavy (non-hydrogen) atoms. The van der Waals surface area contributed by atoms with Gasteiger partial charge in [0.2, 0.25) is 0 Å². The van der Waals surface area contributed by atoms with Crippen LogP contribution in [0.15, 0.2) is 32.7 Å². The number of aliphatic carboxylic acids is 1. The monoisotopic (exact) mass is 560 g/mol. The number of carboxylic acid groups (broad SMARTS) is 1. The molecule has 1 fully saturated rings. The summed E-state index contributed by atoms with van der Waals surface area (Å²) in [7, 11) is 1.27. The summed E-state index contributed by atoms with van der Waals surface area (Å²) in [6.45, 7) is 1.89. The topological polar surface area (TPSA) is 163 Å². The van der Waals surface area contributed by atoms with Crippen molar-refractivity contribution in [3.63, 3.8) is 0 Å². The number of thiazole rings is 2. The van der Waals surface area contributed by atoms with Crippen LogP contribution in [0.3, 0.4) is 0 Å². The third-order valence-electron chi connectivity index (χ3n) is 4.66. The number of rotatable bonds is 8. The second-order valence-electron chi connectivity index (χ2n) is 6.82. The number of oxime groups is 1. The third kappa shape index (κ3) is 5.93. The van der Waals surface area contributed by atoms with Crippen molar-refractivity contribution in [2.24, 2.45) is 5.16 Å². The molecule has 178 valence electrons. The van der Waals surface area contributed by atoms with Crippen molar-refractivity contribution in [2.45, 2.75) is 18.3 Å². The summed E-state index contributed by atoms with van der Waals surface area (Å²) in [6, 6.07) is -0.938. The van der Waals surface area contributed by atoms with E-state index in [0.29, 0.717) is 10.7 Å². The number of hydrogen-bond donors (Lipinski definition) is 2. The smallest absolute Gasteiger partial charge is 0.543 e. The quantitative estimate of drug-likeness (QED) is 0.154. The van der Waals surface area contributed by atoms with Crippen molar-refractivity contribution in [1.82, 2.24) is 20.2 Å². The van der Waals surface area contributed by atoms with Crippen LogP contribution in [0.1, 0.15) is 15.6 Å². The van der Waals surface area contributed by atoms with Crippen LogP contribution < -0.4 is 45.7 Å². The number of thioether (sulfide) groups is 2. The van der Waals surface area contributed by atoms with Crippen molar-refractivity contribution in [3.8, 4) is 0 Å². The Kier molecular flexibility index (Phi) is 9.42. The van der Waals surface area contributed by atoms with Crippen molar-refractivity contribution in [2.75, 3.05) is 18.6 Å². The van der Waals surface area contributed by atoms with E-state index in [2.05, 4.69) is 20.4 Å². The zero-order valence-electron chi connectivity index (χ0n) is 18.7. The Morgan fingerprint density at radius 1 is 1.46 bits per heavy atom. The fraction of sp³-hybridized carbons (Fsp3) is 0.263. The van der Waals surface area contributed by atoms with Crippen molar-refractivity contribution in [1.29, 1.82) is 0 Å². The third-order valence-corrected chi connectivity index (χ3v) is 8.57. The van der Waals surface area contributed by atoms with Crippen LogP contribution in [0, 0.1) is 6.92 Å². The predicted octanol–water partition coefficient (Wildman–Crippen LogP) is -2.39. The van der Waals surface area contributed by atoms with E-state index < -0.39 is 29.2 Å². The van der Waals surface area contributed by atoms with Crippen LogP contribution in [0.25, 0.3) is 6.08 Å². The number of aromatic nitrogens is 2. The molecule has 2 amide bonds. The molecule has 0 radical (unpaired) electrons. The van der Waals surface area contributed by atoms with Gasteiger partial charge in [0.05, 0.1) is 16.7 Å². The molecule has 2 atom stereocenters. The number of carbonyl (C=O) groups excluding carboxylic acids is 3. The van der Waals surface area contributed by atoms with E-state index in [-0.39, 0.29) is 51.8 Å². The summed E-state index contributed by atoms with van der Waals surface area (Å²) in [5.41, 5.74) is 5.50. The molecule has 11 nitrogen and oxygen atoms in total. The Hall–Kier alpha value is -1.88. The number of aryl methyl sites for hydroxylation is 1. The zero-order valence-corrected chi connectivity index (χ0v) is 24.0. The molecule has 1 saturated heterocycles. The molecule has 4 rings (SSSR count). The van der Waals surface area contributed by atoms with Crippen LogP contribution in [0.4, 0.5) is 5.13 Å². The number of nitrogens with two attached hydrogens (primary N) is 1. The van der Waals surface area contributed by atoms with Crippen molar-refractivity contribution < 1.29 is 53.9 Å². The first-order valence-corrected chi connectivity index (χ1v) is 13.2. The Morgan fingerprint density at radius 3 is 2.83 bits per heavy atom. The number of nitrogen functional groups attached to an aromatic ring is 1. The molecular weight excluding hydrogens is 544 g/mol. The van der Waals surface area contributed by atoms with Gasteiger partial charge in [0.15, 0.2) is 10.8 Å². The molecule has 4 heterocycles. The number of anilines is 1. The fourth-order valence-corrected chi connectivity index (χ4v) is 6.88. The number of nitrogens with zero attached hydrogens (tertiary/aromatic N) is 4. The van der Waals surface area contributed by atoms with Gasteiger partial charge in [0.1, 0.15) is 24.2 Å². The molecular formula is C19H17N6NaO5S4. The van der Waals surface area contributed by atoms with Gasteiger partial charge >= 0.3 is 29.6 Å². The number of β-lactam (4-membered cyclic amide) rings is 1. The normalized spacial score (nSPS) is 19.8. The average Bonchev–Trinajstić information content (AvgIpc) is 3.42. The van der Waals surface area contributed by atoms with Gasteiger partial charge in [-0.25, -0.2) is 9.97 Å². The molecule has 16 heteroatoms. The largest absolute Gasteiger partial charge is 1.00 e. The SMILES string of the molecule is CO/N=C(\C(=O)N[C@@H]1C(=O)N2C(C(=O)[O-])=C(S/C=C\c3cnc(C)s3)CS[C@H]12)c1csc(N)n1.[Na+]. The fourth-order valence-electron chi connectivity index (χ4n) is 3.21. The van der Waals surface area contributed by atoms with Crippen LogP contribution in [0.5, 0.6) is 0 Å². The standard InChI is InChI=1S/C19H18N6O5S4.Na/c1-8-21-5-9(34-8)3-4-31-11-7-32-17-13(16(27)25(17)14(11)18(28)29)23-15(26)12(24-30-2)10-6-33-19(20)22-10;/h3-6,13,17H,7H2,1-2H3,(H2,20,22)(H,23,26)(H,28,29);/q;+1/p-1/b4-3-,24-12-;/t13-,17-;/m1./s1. The van der Waals surface area contributed by atoms with Gasteiger partial charge in [0, 0.05) is 27.1 Å².